The van der Waals surface area contributed by atoms with Crippen molar-refractivity contribution in [3.8, 4) is 0 Å². The molecule has 1 aromatic carbocycles. The van der Waals surface area contributed by atoms with Crippen molar-refractivity contribution in [2.45, 2.75) is 32.4 Å². The van der Waals surface area contributed by atoms with E-state index >= 15 is 0 Å². The maximum absolute atomic E-state index is 11.1. The number of aliphatic hydroxyl groups excluding tert-OH is 1. The van der Waals surface area contributed by atoms with Crippen LogP contribution in [0.5, 0.6) is 0 Å². The molecule has 0 radical (unpaired) electrons. The van der Waals surface area contributed by atoms with Crippen LogP contribution in [-0.4, -0.2) is 17.1 Å². The summed E-state index contributed by atoms with van der Waals surface area (Å²) in [6, 6.07) is 9.06. The van der Waals surface area contributed by atoms with E-state index in [1.807, 2.05) is 30.3 Å². The Balaban J connectivity index is 2.61. The van der Waals surface area contributed by atoms with Gasteiger partial charge in [0.2, 0.25) is 5.91 Å². The van der Waals surface area contributed by atoms with Crippen molar-refractivity contribution in [3.63, 3.8) is 0 Å². The Kier molecular flexibility index (Phi) is 4.31. The highest BCUT2D eigenvalue weighted by atomic mass is 16.3. The fraction of sp³-hybridized carbons (Fsp3) is 0.417. The first kappa shape index (κ1) is 11.7. The van der Waals surface area contributed by atoms with Crippen molar-refractivity contribution in [2.24, 2.45) is 0 Å². The monoisotopic (exact) mass is 207 g/mol. The zero-order valence-electron chi connectivity index (χ0n) is 9.10. The van der Waals surface area contributed by atoms with E-state index in [9.17, 15) is 9.90 Å². The average Bonchev–Trinajstić information content (AvgIpc) is 2.29. The zero-order valence-corrected chi connectivity index (χ0v) is 9.10. The molecule has 2 N–H and O–H groups in total. The quantitative estimate of drug-likeness (QED) is 0.788. The molecule has 0 aliphatic rings. The van der Waals surface area contributed by atoms with Crippen molar-refractivity contribution in [1.29, 1.82) is 0 Å². The highest BCUT2D eigenvalue weighted by Crippen LogP contribution is 2.15. The number of rotatable bonds is 4. The molecular formula is C12H17NO2. The number of hydrogen-bond donors (Lipinski definition) is 2. The predicted octanol–water partition coefficient (Wildman–Crippen LogP) is 1.63. The Bertz CT molecular complexity index is 311. The van der Waals surface area contributed by atoms with Crippen molar-refractivity contribution >= 4 is 5.91 Å². The summed E-state index contributed by atoms with van der Waals surface area (Å²) in [4.78, 5) is 11.1. The van der Waals surface area contributed by atoms with Crippen molar-refractivity contribution in [3.05, 3.63) is 35.9 Å². The van der Waals surface area contributed by atoms with Gasteiger partial charge in [-0.3, -0.25) is 4.79 Å². The van der Waals surface area contributed by atoms with E-state index in [-0.39, 0.29) is 11.9 Å². The van der Waals surface area contributed by atoms with Gasteiger partial charge in [0.1, 0.15) is 0 Å². The summed E-state index contributed by atoms with van der Waals surface area (Å²) in [6.07, 6.45) is -0.215. The van der Waals surface area contributed by atoms with Gasteiger partial charge in [-0.15, -0.1) is 0 Å². The molecule has 0 saturated heterocycles. The fourth-order valence-electron chi connectivity index (χ4n) is 1.37. The smallest absolute Gasteiger partial charge is 0.220 e. The molecule has 1 rings (SSSR count). The lowest BCUT2D eigenvalue weighted by atomic mass is 10.0. The first-order chi connectivity index (χ1) is 7.15. The van der Waals surface area contributed by atoms with Crippen molar-refractivity contribution in [2.75, 3.05) is 0 Å². The summed E-state index contributed by atoms with van der Waals surface area (Å²) in [5.74, 6) is -0.0440. The minimum absolute atomic E-state index is 0.0440. The highest BCUT2D eigenvalue weighted by molar-refractivity contribution is 5.75. The van der Waals surface area contributed by atoms with Crippen LogP contribution < -0.4 is 5.32 Å². The molecule has 2 atom stereocenters. The molecule has 0 unspecified atom stereocenters. The molecule has 0 aliphatic carbocycles. The van der Waals surface area contributed by atoms with E-state index in [1.54, 1.807) is 13.8 Å². The van der Waals surface area contributed by atoms with Gasteiger partial charge in [0.05, 0.1) is 12.1 Å². The Morgan fingerprint density at radius 3 is 2.53 bits per heavy atom. The minimum Gasteiger partial charge on any atom is -0.386 e. The molecule has 0 heterocycles. The van der Waals surface area contributed by atoms with Crippen LogP contribution in [-0.2, 0) is 4.79 Å². The molecule has 15 heavy (non-hydrogen) atoms. The zero-order chi connectivity index (χ0) is 11.3. The molecule has 3 nitrogen and oxygen atoms in total. The second kappa shape index (κ2) is 5.51. The summed E-state index contributed by atoms with van der Waals surface area (Å²) in [7, 11) is 0. The van der Waals surface area contributed by atoms with Gasteiger partial charge in [-0.05, 0) is 12.5 Å². The van der Waals surface area contributed by atoms with Crippen LogP contribution in [0, 0.1) is 0 Å². The lowest BCUT2D eigenvalue weighted by Crippen LogP contribution is -2.36. The third-order valence-corrected chi connectivity index (χ3v) is 2.32. The van der Waals surface area contributed by atoms with Crippen LogP contribution >= 0.6 is 0 Å². The van der Waals surface area contributed by atoms with E-state index in [1.165, 1.54) is 0 Å². The molecule has 3 heteroatoms. The van der Waals surface area contributed by atoms with E-state index in [0.717, 1.165) is 5.56 Å². The van der Waals surface area contributed by atoms with Gasteiger partial charge in [0, 0.05) is 6.42 Å². The predicted molar refractivity (Wildman–Crippen MR) is 59.3 cm³/mol. The molecular weight excluding hydrogens is 190 g/mol. The van der Waals surface area contributed by atoms with Crippen LogP contribution in [0.25, 0.3) is 0 Å². The molecule has 0 bridgehead atoms. The van der Waals surface area contributed by atoms with Gasteiger partial charge in [-0.1, -0.05) is 37.3 Å². The van der Waals surface area contributed by atoms with Crippen LogP contribution in [0.3, 0.4) is 0 Å². The molecule has 0 aliphatic heterocycles. The van der Waals surface area contributed by atoms with Gasteiger partial charge < -0.3 is 10.4 Å². The molecule has 0 aromatic heterocycles. The second-order valence-electron chi connectivity index (χ2n) is 3.57. The third-order valence-electron chi connectivity index (χ3n) is 2.32. The lowest BCUT2D eigenvalue weighted by molar-refractivity contribution is -0.122. The summed E-state index contributed by atoms with van der Waals surface area (Å²) < 4.78 is 0. The largest absolute Gasteiger partial charge is 0.386 e. The van der Waals surface area contributed by atoms with Crippen LogP contribution in [0.2, 0.25) is 0 Å². The summed E-state index contributed by atoms with van der Waals surface area (Å²) >= 11 is 0. The number of benzene rings is 1. The standard InChI is InChI=1S/C12H17NO2/c1-3-11(14)13-9(2)12(15)10-7-5-4-6-8-10/h4-9,12,15H,3H2,1-2H3,(H,13,14)/t9-,12-/m1/s1. The first-order valence-electron chi connectivity index (χ1n) is 5.17. The third kappa shape index (κ3) is 3.36. The molecule has 0 spiro atoms. The van der Waals surface area contributed by atoms with Crippen LogP contribution in [0.15, 0.2) is 30.3 Å². The minimum atomic E-state index is -0.651. The van der Waals surface area contributed by atoms with Crippen LogP contribution in [0.4, 0.5) is 0 Å². The number of carbonyl (C=O) groups excluding carboxylic acids is 1. The number of carbonyl (C=O) groups is 1. The summed E-state index contributed by atoms with van der Waals surface area (Å²) in [5.41, 5.74) is 0.821. The van der Waals surface area contributed by atoms with Crippen LogP contribution in [0.1, 0.15) is 31.9 Å². The van der Waals surface area contributed by atoms with Gasteiger partial charge in [0.25, 0.3) is 0 Å². The molecule has 0 fully saturated rings. The highest BCUT2D eigenvalue weighted by Gasteiger charge is 2.16. The summed E-state index contributed by atoms with van der Waals surface area (Å²) in [5, 5.41) is 12.7. The van der Waals surface area contributed by atoms with E-state index in [4.69, 9.17) is 0 Å². The van der Waals surface area contributed by atoms with Crippen molar-refractivity contribution < 1.29 is 9.90 Å². The van der Waals surface area contributed by atoms with E-state index in [0.29, 0.717) is 6.42 Å². The van der Waals surface area contributed by atoms with Gasteiger partial charge in [-0.25, -0.2) is 0 Å². The van der Waals surface area contributed by atoms with E-state index < -0.39 is 6.10 Å². The van der Waals surface area contributed by atoms with Gasteiger partial charge in [-0.2, -0.15) is 0 Å². The van der Waals surface area contributed by atoms with Gasteiger partial charge in [0.15, 0.2) is 0 Å². The van der Waals surface area contributed by atoms with Crippen molar-refractivity contribution in [1.82, 2.24) is 5.32 Å². The summed E-state index contributed by atoms with van der Waals surface area (Å²) in [6.45, 7) is 3.59. The Labute approximate surface area is 90.1 Å². The number of amides is 1. The molecule has 1 amide bonds. The average molecular weight is 207 g/mol. The normalized spacial score (nSPS) is 14.3. The van der Waals surface area contributed by atoms with Gasteiger partial charge >= 0.3 is 0 Å². The topological polar surface area (TPSA) is 49.3 Å². The second-order valence-corrected chi connectivity index (χ2v) is 3.57. The SMILES string of the molecule is CCC(=O)N[C@H](C)[C@@H](O)c1ccccc1. The maximum Gasteiger partial charge on any atom is 0.220 e. The molecule has 82 valence electrons. The first-order valence-corrected chi connectivity index (χ1v) is 5.17. The fourth-order valence-corrected chi connectivity index (χ4v) is 1.37. The number of aliphatic hydroxyl groups is 1. The Morgan fingerprint density at radius 1 is 1.40 bits per heavy atom. The molecule has 0 saturated carbocycles. The molecule has 1 aromatic rings. The Hall–Kier alpha value is -1.35. The number of nitrogens with one attached hydrogen (secondary N) is 1. The number of hydrogen-bond acceptors (Lipinski definition) is 2. The maximum atomic E-state index is 11.1. The lowest BCUT2D eigenvalue weighted by Gasteiger charge is -2.20. The van der Waals surface area contributed by atoms with E-state index in [2.05, 4.69) is 5.32 Å². The Morgan fingerprint density at radius 2 is 2.00 bits per heavy atom.